The van der Waals surface area contributed by atoms with Crippen molar-refractivity contribution in [1.29, 1.82) is 0 Å². The van der Waals surface area contributed by atoms with E-state index in [4.69, 9.17) is 0 Å². The van der Waals surface area contributed by atoms with Gasteiger partial charge in [-0.25, -0.2) is 9.37 Å². The van der Waals surface area contributed by atoms with Crippen molar-refractivity contribution < 1.29 is 22.4 Å². The molecule has 182 valence electrons. The monoisotopic (exact) mass is 494 g/mol. The van der Waals surface area contributed by atoms with Gasteiger partial charge >= 0.3 is 6.18 Å². The number of nitrogens with zero attached hydrogens (tertiary/aromatic N) is 2. The van der Waals surface area contributed by atoms with Gasteiger partial charge in [0.25, 0.3) is 5.91 Å². The molecule has 1 aromatic heterocycles. The van der Waals surface area contributed by atoms with Crippen LogP contribution in [0.2, 0.25) is 0 Å². The summed E-state index contributed by atoms with van der Waals surface area (Å²) in [5, 5.41) is 6.03. The first-order valence-electron chi connectivity index (χ1n) is 11.2. The molecule has 1 amide bonds. The van der Waals surface area contributed by atoms with Crippen molar-refractivity contribution in [3.05, 3.63) is 65.2 Å². The minimum Gasteiger partial charge on any atom is -0.368 e. The highest BCUT2D eigenvalue weighted by molar-refractivity contribution is 8.09. The van der Waals surface area contributed by atoms with E-state index in [-0.39, 0.29) is 41.4 Å². The normalized spacial score (nSPS) is 23.1. The van der Waals surface area contributed by atoms with E-state index in [1.807, 2.05) is 13.8 Å². The number of aromatic nitrogens is 1. The highest BCUT2D eigenvalue weighted by Crippen LogP contribution is 2.40. The molecule has 1 aromatic carbocycles. The van der Waals surface area contributed by atoms with E-state index in [0.717, 1.165) is 29.4 Å². The Morgan fingerprint density at radius 3 is 2.68 bits per heavy atom. The predicted molar refractivity (Wildman–Crippen MR) is 125 cm³/mol. The number of benzene rings is 1. The lowest BCUT2D eigenvalue weighted by Crippen LogP contribution is -2.52. The van der Waals surface area contributed by atoms with Crippen LogP contribution in [0.5, 0.6) is 0 Å². The van der Waals surface area contributed by atoms with Gasteiger partial charge in [-0.2, -0.15) is 13.2 Å². The summed E-state index contributed by atoms with van der Waals surface area (Å²) in [6.45, 7) is 4.59. The van der Waals surface area contributed by atoms with Crippen molar-refractivity contribution in [3.8, 4) is 0 Å². The number of piperidine rings is 1. The van der Waals surface area contributed by atoms with E-state index in [1.54, 1.807) is 17.0 Å². The summed E-state index contributed by atoms with van der Waals surface area (Å²) in [4.78, 5) is 20.0. The maximum absolute atomic E-state index is 13.7. The highest BCUT2D eigenvalue weighted by Gasteiger charge is 2.38. The molecule has 1 unspecified atom stereocenters. The fourth-order valence-corrected chi connectivity index (χ4v) is 5.51. The van der Waals surface area contributed by atoms with E-state index < -0.39 is 11.7 Å². The molecule has 3 atom stereocenters. The number of pyridine rings is 1. The third-order valence-electron chi connectivity index (χ3n) is 6.16. The van der Waals surface area contributed by atoms with Gasteiger partial charge in [-0.05, 0) is 55.5 Å². The average molecular weight is 495 g/mol. The van der Waals surface area contributed by atoms with Crippen LogP contribution in [-0.2, 0) is 11.0 Å². The third-order valence-corrected chi connectivity index (χ3v) is 7.30. The van der Waals surface area contributed by atoms with Crippen molar-refractivity contribution in [2.75, 3.05) is 18.4 Å². The fraction of sp³-hybridized carbons (Fsp3) is 0.417. The largest absolute Gasteiger partial charge is 0.419 e. The van der Waals surface area contributed by atoms with Gasteiger partial charge in [0.05, 0.1) is 17.0 Å². The molecule has 34 heavy (non-hydrogen) atoms. The number of likely N-dealkylation sites (tertiary alicyclic amines) is 1. The predicted octanol–water partition coefficient (Wildman–Crippen LogP) is 5.33. The molecule has 3 heterocycles. The van der Waals surface area contributed by atoms with E-state index in [0.29, 0.717) is 12.2 Å². The quantitative estimate of drug-likeness (QED) is 0.551. The number of nitrogens with one attached hydrogen (secondary N) is 2. The first-order valence-corrected chi connectivity index (χ1v) is 12.0. The molecule has 0 spiro atoms. The third kappa shape index (κ3) is 5.16. The molecule has 0 radical (unpaired) electrons. The molecule has 0 saturated carbocycles. The van der Waals surface area contributed by atoms with Gasteiger partial charge in [0.1, 0.15) is 17.3 Å². The van der Waals surface area contributed by atoms with Crippen molar-refractivity contribution in [3.63, 3.8) is 0 Å². The van der Waals surface area contributed by atoms with Gasteiger partial charge in [0, 0.05) is 24.2 Å². The van der Waals surface area contributed by atoms with Gasteiger partial charge in [0.15, 0.2) is 0 Å². The molecule has 2 aliphatic heterocycles. The second-order valence-electron chi connectivity index (χ2n) is 8.58. The number of carbonyl (C=O) groups excluding carboxylic acids is 1. The van der Waals surface area contributed by atoms with Gasteiger partial charge < -0.3 is 15.5 Å². The summed E-state index contributed by atoms with van der Waals surface area (Å²) in [6, 6.07) is 7.92. The second kappa shape index (κ2) is 9.85. The van der Waals surface area contributed by atoms with Crippen LogP contribution in [0.4, 0.5) is 23.4 Å². The van der Waals surface area contributed by atoms with Crippen molar-refractivity contribution in [1.82, 2.24) is 15.2 Å². The Kier molecular flexibility index (Phi) is 7.06. The lowest BCUT2D eigenvalue weighted by Gasteiger charge is -2.40. The standard InChI is InChI=1S/C24H26F4N4OS/c1-14-5-4-12-32(19(14)13-30-22-18(24(26,27)28)6-3-11-29-22)23(33)20-21(34-15(2)31-20)16-7-9-17(25)10-8-16/h3,6-11,14-15,19,31H,4-5,12-13H2,1-2H3,(H,29,30)/t14-,15?,19-/m1/s1. The molecular weight excluding hydrogens is 468 g/mol. The van der Waals surface area contributed by atoms with E-state index in [2.05, 4.69) is 15.6 Å². The van der Waals surface area contributed by atoms with Gasteiger partial charge in [-0.15, -0.1) is 0 Å². The van der Waals surface area contributed by atoms with Gasteiger partial charge in [-0.3, -0.25) is 4.79 Å². The van der Waals surface area contributed by atoms with Crippen molar-refractivity contribution in [2.24, 2.45) is 5.92 Å². The Bertz CT molecular complexity index is 1070. The Hall–Kier alpha value is -2.75. The van der Waals surface area contributed by atoms with Gasteiger partial charge in [0.2, 0.25) is 0 Å². The number of thioether (sulfide) groups is 1. The topological polar surface area (TPSA) is 57.3 Å². The Morgan fingerprint density at radius 1 is 1.24 bits per heavy atom. The zero-order valence-corrected chi connectivity index (χ0v) is 19.6. The minimum atomic E-state index is -4.53. The highest BCUT2D eigenvalue weighted by atomic mass is 32.2. The molecule has 1 saturated heterocycles. The lowest BCUT2D eigenvalue weighted by molar-refractivity contribution is -0.137. The smallest absolute Gasteiger partial charge is 0.368 e. The Labute approximate surface area is 200 Å². The number of carbonyl (C=O) groups is 1. The van der Waals surface area contributed by atoms with Crippen LogP contribution in [0.25, 0.3) is 4.91 Å². The number of alkyl halides is 3. The average Bonchev–Trinajstić information content (AvgIpc) is 3.19. The molecule has 5 nitrogen and oxygen atoms in total. The lowest BCUT2D eigenvalue weighted by atomic mass is 9.90. The van der Waals surface area contributed by atoms with Crippen LogP contribution >= 0.6 is 11.8 Å². The fourth-order valence-electron chi connectivity index (χ4n) is 4.44. The molecule has 10 heteroatoms. The summed E-state index contributed by atoms with van der Waals surface area (Å²) >= 11 is 1.49. The summed E-state index contributed by atoms with van der Waals surface area (Å²) < 4.78 is 53.6. The van der Waals surface area contributed by atoms with Crippen LogP contribution in [0.15, 0.2) is 48.3 Å². The summed E-state index contributed by atoms with van der Waals surface area (Å²) in [5.41, 5.74) is 0.354. The summed E-state index contributed by atoms with van der Waals surface area (Å²) in [6.07, 6.45) is -1.54. The molecule has 4 rings (SSSR count). The van der Waals surface area contributed by atoms with Crippen LogP contribution < -0.4 is 10.6 Å². The summed E-state index contributed by atoms with van der Waals surface area (Å²) in [7, 11) is 0. The number of anilines is 1. The number of hydrogen-bond acceptors (Lipinski definition) is 5. The molecule has 2 aliphatic rings. The minimum absolute atomic E-state index is 0.0411. The zero-order chi connectivity index (χ0) is 24.5. The molecule has 1 fully saturated rings. The van der Waals surface area contributed by atoms with E-state index in [9.17, 15) is 22.4 Å². The number of amides is 1. The molecule has 2 N–H and O–H groups in total. The van der Waals surface area contributed by atoms with E-state index in [1.165, 1.54) is 36.2 Å². The maximum atomic E-state index is 13.7. The number of halogens is 4. The van der Waals surface area contributed by atoms with Crippen molar-refractivity contribution >= 4 is 28.4 Å². The molecule has 2 aromatic rings. The van der Waals surface area contributed by atoms with Crippen LogP contribution in [0, 0.1) is 11.7 Å². The Morgan fingerprint density at radius 2 is 1.97 bits per heavy atom. The van der Waals surface area contributed by atoms with Crippen molar-refractivity contribution in [2.45, 2.75) is 44.3 Å². The first-order chi connectivity index (χ1) is 16.1. The molecule has 0 bridgehead atoms. The SMILES string of the molecule is CC1NC(C(=O)N2CCC[C@@H](C)[C@H]2CNc2ncccc2C(F)(F)F)=C(c2ccc(F)cc2)S1. The van der Waals surface area contributed by atoms with Crippen LogP contribution in [0.3, 0.4) is 0 Å². The maximum Gasteiger partial charge on any atom is 0.419 e. The molecular formula is C24H26F4N4OS. The summed E-state index contributed by atoms with van der Waals surface area (Å²) in [5.74, 6) is -0.712. The number of rotatable bonds is 5. The Balaban J connectivity index is 1.59. The van der Waals surface area contributed by atoms with Crippen LogP contribution in [0.1, 0.15) is 37.8 Å². The van der Waals surface area contributed by atoms with Gasteiger partial charge in [-0.1, -0.05) is 30.8 Å². The molecule has 0 aliphatic carbocycles. The zero-order valence-electron chi connectivity index (χ0n) is 18.8. The number of hydrogen-bond donors (Lipinski definition) is 2. The van der Waals surface area contributed by atoms with Crippen LogP contribution in [-0.4, -0.2) is 40.3 Å². The second-order valence-corrected chi connectivity index (χ2v) is 9.93. The van der Waals surface area contributed by atoms with E-state index >= 15 is 0 Å². The first kappa shape index (κ1) is 24.4.